The van der Waals surface area contributed by atoms with Gasteiger partial charge in [0.05, 0.1) is 0 Å². The molecule has 1 atom stereocenters. The Hall–Kier alpha value is -0.930. The standard InChI is InChI=1S/C14H23N3/c1-12-6-7-16-9-13(12)11-17-8-4-3-5-14(17)10-15-2/h6-7,9,14-15H,3-5,8,10-11H2,1-2H3. The Bertz CT molecular complexity index is 349. The van der Waals surface area contributed by atoms with E-state index in [9.17, 15) is 0 Å². The third-order valence-corrected chi connectivity index (χ3v) is 3.71. The molecule has 1 aliphatic heterocycles. The van der Waals surface area contributed by atoms with Gasteiger partial charge in [0, 0.05) is 31.5 Å². The molecule has 0 aliphatic carbocycles. The van der Waals surface area contributed by atoms with Crippen molar-refractivity contribution >= 4 is 0 Å². The van der Waals surface area contributed by atoms with Crippen LogP contribution < -0.4 is 5.32 Å². The molecule has 0 aromatic carbocycles. The fraction of sp³-hybridized carbons (Fsp3) is 0.643. The summed E-state index contributed by atoms with van der Waals surface area (Å²) < 4.78 is 0. The van der Waals surface area contributed by atoms with E-state index in [-0.39, 0.29) is 0 Å². The first-order chi connectivity index (χ1) is 8.31. The Morgan fingerprint density at radius 3 is 3.12 bits per heavy atom. The van der Waals surface area contributed by atoms with E-state index in [1.165, 1.54) is 36.9 Å². The summed E-state index contributed by atoms with van der Waals surface area (Å²) in [4.78, 5) is 6.84. The molecule has 1 aliphatic rings. The molecule has 17 heavy (non-hydrogen) atoms. The van der Waals surface area contributed by atoms with E-state index in [1.54, 1.807) is 0 Å². The molecule has 2 heterocycles. The molecule has 3 nitrogen and oxygen atoms in total. The number of aryl methyl sites for hydroxylation is 1. The van der Waals surface area contributed by atoms with Crippen molar-refractivity contribution in [3.63, 3.8) is 0 Å². The summed E-state index contributed by atoms with van der Waals surface area (Å²) in [5, 5.41) is 3.31. The zero-order valence-electron chi connectivity index (χ0n) is 10.9. The monoisotopic (exact) mass is 233 g/mol. The summed E-state index contributed by atoms with van der Waals surface area (Å²) in [6.07, 6.45) is 7.91. The minimum atomic E-state index is 0.688. The fourth-order valence-corrected chi connectivity index (χ4v) is 2.62. The number of pyridine rings is 1. The van der Waals surface area contributed by atoms with Gasteiger partial charge < -0.3 is 5.32 Å². The number of likely N-dealkylation sites (N-methyl/N-ethyl adjacent to an activating group) is 1. The predicted molar refractivity (Wildman–Crippen MR) is 70.9 cm³/mol. The van der Waals surface area contributed by atoms with Crippen LogP contribution in [0.3, 0.4) is 0 Å². The Kier molecular flexibility index (Phi) is 4.51. The highest BCUT2D eigenvalue weighted by Crippen LogP contribution is 2.20. The molecule has 1 aromatic rings. The highest BCUT2D eigenvalue weighted by atomic mass is 15.2. The largest absolute Gasteiger partial charge is 0.318 e. The molecule has 0 spiro atoms. The van der Waals surface area contributed by atoms with Crippen molar-refractivity contribution in [2.45, 2.75) is 38.8 Å². The first kappa shape index (κ1) is 12.5. The number of hydrogen-bond acceptors (Lipinski definition) is 3. The average Bonchev–Trinajstić information content (AvgIpc) is 2.35. The molecule has 0 bridgehead atoms. The lowest BCUT2D eigenvalue weighted by Crippen LogP contribution is -2.44. The summed E-state index contributed by atoms with van der Waals surface area (Å²) in [5.41, 5.74) is 2.73. The van der Waals surface area contributed by atoms with Crippen LogP contribution in [0, 0.1) is 6.92 Å². The lowest BCUT2D eigenvalue weighted by Gasteiger charge is -2.35. The third kappa shape index (κ3) is 3.27. The van der Waals surface area contributed by atoms with E-state index in [2.05, 4.69) is 28.2 Å². The van der Waals surface area contributed by atoms with Gasteiger partial charge in [0.25, 0.3) is 0 Å². The zero-order valence-corrected chi connectivity index (χ0v) is 10.9. The quantitative estimate of drug-likeness (QED) is 0.861. The van der Waals surface area contributed by atoms with E-state index in [0.717, 1.165) is 13.1 Å². The van der Waals surface area contributed by atoms with Crippen LogP contribution in [-0.4, -0.2) is 36.1 Å². The Balaban J connectivity index is 2.03. The molecule has 0 radical (unpaired) electrons. The van der Waals surface area contributed by atoms with Gasteiger partial charge >= 0.3 is 0 Å². The first-order valence-corrected chi connectivity index (χ1v) is 6.59. The van der Waals surface area contributed by atoms with Crippen molar-refractivity contribution in [2.24, 2.45) is 0 Å². The second-order valence-electron chi connectivity index (χ2n) is 4.98. The smallest absolute Gasteiger partial charge is 0.0315 e. The second kappa shape index (κ2) is 6.12. The van der Waals surface area contributed by atoms with Crippen LogP contribution in [-0.2, 0) is 6.54 Å². The van der Waals surface area contributed by atoms with Gasteiger partial charge in [-0.15, -0.1) is 0 Å². The first-order valence-electron chi connectivity index (χ1n) is 6.59. The van der Waals surface area contributed by atoms with Crippen molar-refractivity contribution in [2.75, 3.05) is 20.1 Å². The molecular formula is C14H23N3. The van der Waals surface area contributed by atoms with Crippen molar-refractivity contribution in [3.05, 3.63) is 29.6 Å². The zero-order chi connectivity index (χ0) is 12.1. The minimum absolute atomic E-state index is 0.688. The van der Waals surface area contributed by atoms with Crippen LogP contribution >= 0.6 is 0 Å². The maximum absolute atomic E-state index is 4.24. The van der Waals surface area contributed by atoms with Crippen LogP contribution in [0.15, 0.2) is 18.5 Å². The molecule has 0 saturated carbocycles. The molecule has 2 rings (SSSR count). The number of rotatable bonds is 4. The highest BCUT2D eigenvalue weighted by Gasteiger charge is 2.21. The number of nitrogens with zero attached hydrogens (tertiary/aromatic N) is 2. The SMILES string of the molecule is CNCC1CCCCN1Cc1cnccc1C. The molecule has 3 heteroatoms. The fourth-order valence-electron chi connectivity index (χ4n) is 2.62. The number of likely N-dealkylation sites (tertiary alicyclic amines) is 1. The second-order valence-corrected chi connectivity index (χ2v) is 4.98. The predicted octanol–water partition coefficient (Wildman–Crippen LogP) is 1.96. The summed E-state index contributed by atoms with van der Waals surface area (Å²) in [7, 11) is 2.04. The van der Waals surface area contributed by atoms with Gasteiger partial charge in [0.15, 0.2) is 0 Å². The van der Waals surface area contributed by atoms with Gasteiger partial charge in [-0.3, -0.25) is 9.88 Å². The summed E-state index contributed by atoms with van der Waals surface area (Å²) in [6.45, 7) is 5.54. The topological polar surface area (TPSA) is 28.2 Å². The highest BCUT2D eigenvalue weighted by molar-refractivity contribution is 5.21. The normalized spacial score (nSPS) is 21.6. The lowest BCUT2D eigenvalue weighted by atomic mass is 10.0. The van der Waals surface area contributed by atoms with Gasteiger partial charge in [-0.2, -0.15) is 0 Å². The van der Waals surface area contributed by atoms with Gasteiger partial charge in [0.2, 0.25) is 0 Å². The molecule has 94 valence electrons. The number of aromatic nitrogens is 1. The van der Waals surface area contributed by atoms with E-state index in [1.807, 2.05) is 19.4 Å². The molecule has 0 amide bonds. The number of piperidine rings is 1. The summed E-state index contributed by atoms with van der Waals surface area (Å²) in [6, 6.07) is 2.79. The molecule has 1 N–H and O–H groups in total. The lowest BCUT2D eigenvalue weighted by molar-refractivity contribution is 0.139. The van der Waals surface area contributed by atoms with Gasteiger partial charge in [-0.25, -0.2) is 0 Å². The van der Waals surface area contributed by atoms with E-state index >= 15 is 0 Å². The Labute approximate surface area is 104 Å². The molecular weight excluding hydrogens is 210 g/mol. The van der Waals surface area contributed by atoms with Crippen molar-refractivity contribution in [1.29, 1.82) is 0 Å². The molecule has 1 unspecified atom stereocenters. The van der Waals surface area contributed by atoms with Crippen LogP contribution in [0.2, 0.25) is 0 Å². The number of hydrogen-bond donors (Lipinski definition) is 1. The summed E-state index contributed by atoms with van der Waals surface area (Å²) in [5.74, 6) is 0. The maximum atomic E-state index is 4.24. The maximum Gasteiger partial charge on any atom is 0.0315 e. The Morgan fingerprint density at radius 2 is 2.35 bits per heavy atom. The Morgan fingerprint density at radius 1 is 1.47 bits per heavy atom. The molecule has 1 aromatic heterocycles. The van der Waals surface area contributed by atoms with Crippen LogP contribution in [0.5, 0.6) is 0 Å². The van der Waals surface area contributed by atoms with Crippen molar-refractivity contribution in [3.8, 4) is 0 Å². The molecule has 1 saturated heterocycles. The van der Waals surface area contributed by atoms with Gasteiger partial charge in [-0.05, 0) is 50.6 Å². The summed E-state index contributed by atoms with van der Waals surface area (Å²) >= 11 is 0. The van der Waals surface area contributed by atoms with Crippen molar-refractivity contribution in [1.82, 2.24) is 15.2 Å². The van der Waals surface area contributed by atoms with Crippen LogP contribution in [0.4, 0.5) is 0 Å². The van der Waals surface area contributed by atoms with E-state index < -0.39 is 0 Å². The number of nitrogens with one attached hydrogen (secondary N) is 1. The molecule has 1 fully saturated rings. The van der Waals surface area contributed by atoms with E-state index in [0.29, 0.717) is 6.04 Å². The van der Waals surface area contributed by atoms with Gasteiger partial charge in [-0.1, -0.05) is 6.42 Å². The third-order valence-electron chi connectivity index (χ3n) is 3.71. The van der Waals surface area contributed by atoms with Crippen molar-refractivity contribution < 1.29 is 0 Å². The van der Waals surface area contributed by atoms with E-state index in [4.69, 9.17) is 0 Å². The average molecular weight is 233 g/mol. The van der Waals surface area contributed by atoms with Crippen LogP contribution in [0.1, 0.15) is 30.4 Å². The van der Waals surface area contributed by atoms with Crippen LogP contribution in [0.25, 0.3) is 0 Å². The minimum Gasteiger partial charge on any atom is -0.318 e. The van der Waals surface area contributed by atoms with Gasteiger partial charge in [0.1, 0.15) is 0 Å².